The fourth-order valence-electron chi connectivity index (χ4n) is 4.87. The molecule has 2 bridgehead atoms. The summed E-state index contributed by atoms with van der Waals surface area (Å²) < 4.78 is 7.58. The smallest absolute Gasteiger partial charge is 0.255 e. The Balaban J connectivity index is 1.32. The molecule has 3 aromatic heterocycles. The first kappa shape index (κ1) is 18.8. The molecule has 0 saturated carbocycles. The highest BCUT2D eigenvalue weighted by atomic mass is 32.1. The fourth-order valence-corrected chi connectivity index (χ4v) is 5.57. The van der Waals surface area contributed by atoms with Crippen molar-refractivity contribution in [2.45, 2.75) is 38.5 Å². The van der Waals surface area contributed by atoms with Crippen molar-refractivity contribution < 1.29 is 4.42 Å². The second-order valence-electron chi connectivity index (χ2n) is 8.37. The van der Waals surface area contributed by atoms with E-state index in [1.165, 1.54) is 12.1 Å². The molecule has 0 radical (unpaired) electrons. The Labute approximate surface area is 174 Å². The number of aromatic nitrogens is 2. The van der Waals surface area contributed by atoms with Gasteiger partial charge in [0.1, 0.15) is 10.8 Å². The van der Waals surface area contributed by atoms with Crippen molar-refractivity contribution in [3.05, 3.63) is 74.5 Å². The van der Waals surface area contributed by atoms with Crippen LogP contribution in [-0.4, -0.2) is 39.5 Å². The molecule has 2 atom stereocenters. The van der Waals surface area contributed by atoms with E-state index < -0.39 is 0 Å². The summed E-state index contributed by atoms with van der Waals surface area (Å²) in [6.07, 6.45) is 4.75. The number of nitrogens with zero attached hydrogens (tertiary/aromatic N) is 4. The number of furan rings is 1. The van der Waals surface area contributed by atoms with E-state index in [2.05, 4.69) is 25.4 Å². The lowest BCUT2D eigenvalue weighted by molar-refractivity contribution is 0.107. The summed E-state index contributed by atoms with van der Waals surface area (Å²) in [6, 6.07) is 8.21. The molecule has 2 aliphatic heterocycles. The Morgan fingerprint density at radius 2 is 2.17 bits per heavy atom. The van der Waals surface area contributed by atoms with Crippen LogP contribution in [0.5, 0.6) is 0 Å². The lowest BCUT2D eigenvalue weighted by Gasteiger charge is -2.42. The summed E-state index contributed by atoms with van der Waals surface area (Å²) in [5, 5.41) is 3.07. The number of hydrogen-bond donors (Lipinski definition) is 0. The summed E-state index contributed by atoms with van der Waals surface area (Å²) in [4.78, 5) is 22.2. The van der Waals surface area contributed by atoms with E-state index in [9.17, 15) is 4.79 Å². The highest BCUT2D eigenvalue weighted by Gasteiger charge is 2.35. The molecule has 6 nitrogen and oxygen atoms in total. The third kappa shape index (κ3) is 3.95. The number of likely N-dealkylation sites (tertiary alicyclic amines) is 1. The molecular formula is C22H26N4O2S. The summed E-state index contributed by atoms with van der Waals surface area (Å²) in [5.41, 5.74) is 2.25. The average molecular weight is 411 g/mol. The van der Waals surface area contributed by atoms with Crippen molar-refractivity contribution in [3.63, 3.8) is 0 Å². The van der Waals surface area contributed by atoms with Crippen molar-refractivity contribution in [3.8, 4) is 0 Å². The van der Waals surface area contributed by atoms with E-state index >= 15 is 0 Å². The number of hydrogen-bond acceptors (Lipinski definition) is 6. The maximum atomic E-state index is 13.2. The SMILES string of the molecule is CN(Cc1nccs1)Cc1ccc2n(c1=O)C[C@H]1C[C@@H]2CN(Cc2ccco2)C1. The topological polar surface area (TPSA) is 54.5 Å². The molecule has 1 fully saturated rings. The number of piperidine rings is 1. The summed E-state index contributed by atoms with van der Waals surface area (Å²) >= 11 is 1.65. The third-order valence-electron chi connectivity index (χ3n) is 6.05. The van der Waals surface area contributed by atoms with Gasteiger partial charge in [0.2, 0.25) is 0 Å². The zero-order chi connectivity index (χ0) is 19.8. The Morgan fingerprint density at radius 3 is 2.97 bits per heavy atom. The molecule has 5 rings (SSSR count). The van der Waals surface area contributed by atoms with Gasteiger partial charge in [0.15, 0.2) is 0 Å². The van der Waals surface area contributed by atoms with Crippen LogP contribution in [0.1, 0.15) is 34.4 Å². The van der Waals surface area contributed by atoms with Crippen LogP contribution in [0.3, 0.4) is 0 Å². The maximum Gasteiger partial charge on any atom is 0.255 e. The van der Waals surface area contributed by atoms with Crippen LogP contribution in [0.25, 0.3) is 0 Å². The molecule has 0 N–H and O–H groups in total. The normalized spacial score (nSPS) is 21.4. The molecule has 3 aromatic rings. The van der Waals surface area contributed by atoms with Crippen LogP contribution in [0, 0.1) is 5.92 Å². The predicted octanol–water partition coefficient (Wildman–Crippen LogP) is 3.15. The number of rotatable bonds is 6. The fraction of sp³-hybridized carbons (Fsp3) is 0.455. The quantitative estimate of drug-likeness (QED) is 0.625. The zero-order valence-corrected chi connectivity index (χ0v) is 17.5. The third-order valence-corrected chi connectivity index (χ3v) is 6.81. The van der Waals surface area contributed by atoms with E-state index in [0.29, 0.717) is 18.4 Å². The minimum atomic E-state index is 0.183. The van der Waals surface area contributed by atoms with Gasteiger partial charge in [0.25, 0.3) is 5.56 Å². The number of thiazole rings is 1. The van der Waals surface area contributed by atoms with Gasteiger partial charge in [0, 0.05) is 54.9 Å². The van der Waals surface area contributed by atoms with Gasteiger partial charge in [-0.25, -0.2) is 4.98 Å². The van der Waals surface area contributed by atoms with Crippen LogP contribution < -0.4 is 5.56 Å². The van der Waals surface area contributed by atoms with Crippen molar-refractivity contribution in [1.82, 2.24) is 19.4 Å². The summed E-state index contributed by atoms with van der Waals surface area (Å²) in [5.74, 6) is 1.96. The van der Waals surface area contributed by atoms with Crippen LogP contribution in [0.15, 0.2) is 51.3 Å². The van der Waals surface area contributed by atoms with Crippen molar-refractivity contribution in [2.24, 2.45) is 5.92 Å². The zero-order valence-electron chi connectivity index (χ0n) is 16.7. The standard InChI is InChI=1S/C22H26N4O2S/c1-24(15-21-23-6-8-29-21)12-17-4-5-20-18-9-16(11-26(20)22(17)27)10-25(13-18)14-19-3-2-7-28-19/h2-8,16,18H,9-15H2,1H3/t16-,18+/m0/s1. The maximum absolute atomic E-state index is 13.2. The highest BCUT2D eigenvalue weighted by Crippen LogP contribution is 2.35. The van der Waals surface area contributed by atoms with Crippen molar-refractivity contribution >= 4 is 11.3 Å². The van der Waals surface area contributed by atoms with E-state index in [-0.39, 0.29) is 5.56 Å². The molecule has 0 aliphatic carbocycles. The van der Waals surface area contributed by atoms with E-state index in [1.807, 2.05) is 36.8 Å². The first-order valence-corrected chi connectivity index (χ1v) is 11.1. The molecule has 29 heavy (non-hydrogen) atoms. The predicted molar refractivity (Wildman–Crippen MR) is 113 cm³/mol. The van der Waals surface area contributed by atoms with E-state index in [4.69, 9.17) is 4.42 Å². The second-order valence-corrected chi connectivity index (χ2v) is 9.35. The Morgan fingerprint density at radius 1 is 1.24 bits per heavy atom. The lowest BCUT2D eigenvalue weighted by atomic mass is 9.83. The summed E-state index contributed by atoms with van der Waals surface area (Å²) in [7, 11) is 2.05. The summed E-state index contributed by atoms with van der Waals surface area (Å²) in [6.45, 7) is 5.11. The van der Waals surface area contributed by atoms with Crippen LogP contribution >= 0.6 is 11.3 Å². The molecule has 2 aliphatic rings. The van der Waals surface area contributed by atoms with Crippen LogP contribution in [0.2, 0.25) is 0 Å². The lowest BCUT2D eigenvalue weighted by Crippen LogP contribution is -2.47. The monoisotopic (exact) mass is 410 g/mol. The van der Waals surface area contributed by atoms with Gasteiger partial charge in [-0.2, -0.15) is 0 Å². The molecule has 1 saturated heterocycles. The molecule has 0 spiro atoms. The molecule has 152 valence electrons. The average Bonchev–Trinajstić information content (AvgIpc) is 3.39. The van der Waals surface area contributed by atoms with Gasteiger partial charge in [-0.05, 0) is 37.6 Å². The Kier molecular flexibility index (Phi) is 5.11. The first-order chi connectivity index (χ1) is 14.2. The van der Waals surface area contributed by atoms with Gasteiger partial charge in [0.05, 0.1) is 19.4 Å². The molecular weight excluding hydrogens is 384 g/mol. The molecule has 0 aromatic carbocycles. The largest absolute Gasteiger partial charge is 0.468 e. The van der Waals surface area contributed by atoms with E-state index in [1.54, 1.807) is 17.6 Å². The minimum Gasteiger partial charge on any atom is -0.468 e. The van der Waals surface area contributed by atoms with Crippen molar-refractivity contribution in [1.29, 1.82) is 0 Å². The van der Waals surface area contributed by atoms with Gasteiger partial charge in [-0.15, -0.1) is 11.3 Å². The van der Waals surface area contributed by atoms with Crippen LogP contribution in [0.4, 0.5) is 0 Å². The number of pyridine rings is 1. The number of fused-ring (bicyclic) bond motifs is 4. The Bertz CT molecular complexity index is 1010. The van der Waals surface area contributed by atoms with Crippen molar-refractivity contribution in [2.75, 3.05) is 20.1 Å². The second kappa shape index (κ2) is 7.89. The van der Waals surface area contributed by atoms with Gasteiger partial charge >= 0.3 is 0 Å². The van der Waals surface area contributed by atoms with E-state index in [0.717, 1.165) is 49.1 Å². The van der Waals surface area contributed by atoms with Gasteiger partial charge in [-0.1, -0.05) is 6.07 Å². The molecule has 0 unspecified atom stereocenters. The molecule has 5 heterocycles. The Hall–Kier alpha value is -2.22. The van der Waals surface area contributed by atoms with Gasteiger partial charge in [-0.3, -0.25) is 14.6 Å². The highest BCUT2D eigenvalue weighted by molar-refractivity contribution is 7.09. The van der Waals surface area contributed by atoms with Crippen LogP contribution in [-0.2, 0) is 26.2 Å². The minimum absolute atomic E-state index is 0.183. The van der Waals surface area contributed by atoms with Gasteiger partial charge < -0.3 is 8.98 Å². The first-order valence-electron chi connectivity index (χ1n) is 10.2. The molecule has 7 heteroatoms. The molecule has 0 amide bonds.